The number of carbonyl (C=O) groups is 3. The van der Waals surface area contributed by atoms with Gasteiger partial charge in [0.1, 0.15) is 24.3 Å². The molecule has 28 nitrogen and oxygen atoms in total. The number of aliphatic hydroxyl groups excluding tert-OH is 2. The molecule has 28 heteroatoms. The van der Waals surface area contributed by atoms with Crippen molar-refractivity contribution in [2.24, 2.45) is 0 Å². The first-order chi connectivity index (χ1) is 43.9. The lowest BCUT2D eigenvalue weighted by molar-refractivity contribution is 0.0520. The Hall–Kier alpha value is -9.64. The van der Waals surface area contributed by atoms with Crippen molar-refractivity contribution in [3.05, 3.63) is 116 Å². The van der Waals surface area contributed by atoms with Gasteiger partial charge in [-0.15, -0.1) is 0 Å². The number of piperazine rings is 1. The Labute approximate surface area is 520 Å². The van der Waals surface area contributed by atoms with Crippen LogP contribution in [0.1, 0.15) is 31.9 Å². The third-order valence-electron chi connectivity index (χ3n) is 17.4. The fourth-order valence-electron chi connectivity index (χ4n) is 12.6. The number of aromatic nitrogens is 9. The SMILES string of the molecule is CN1CCN(c2ccc3c(n2)N(C(=O)Nc2cnccn2)[C@H]2CCN3C2)CC1.C[C@@H]1COCCN1c1ccc2c(n1)N(C(=O)Nc1cccnc1)[C@H]1CCN2C1.Cc1ccc(-c2ccc3c(n2)N(C(=O)Nc2cncc(OC[C@@H](O)CO)n2)[C@H]2CCN3C2)cn1. The normalized spacial score (nSPS) is 20.6. The first-order valence-electron chi connectivity index (χ1n) is 30.6. The van der Waals surface area contributed by atoms with E-state index in [0.29, 0.717) is 30.5 Å². The fourth-order valence-corrected chi connectivity index (χ4v) is 12.6. The summed E-state index contributed by atoms with van der Waals surface area (Å²) >= 11 is 0. The molecule has 90 heavy (non-hydrogen) atoms. The number of ether oxygens (including phenoxy) is 2. The molecule has 5 atom stereocenters. The highest BCUT2D eigenvalue weighted by Gasteiger charge is 2.44. The van der Waals surface area contributed by atoms with Gasteiger partial charge in [0, 0.05) is 108 Å². The number of anilines is 11. The van der Waals surface area contributed by atoms with Crippen LogP contribution in [0, 0.1) is 6.92 Å². The van der Waals surface area contributed by atoms with E-state index in [0.717, 1.165) is 149 Å². The maximum absolute atomic E-state index is 13.4. The Balaban J connectivity index is 0.000000125. The summed E-state index contributed by atoms with van der Waals surface area (Å²) in [5, 5.41) is 27.0. The lowest BCUT2D eigenvalue weighted by Gasteiger charge is -2.38. The van der Waals surface area contributed by atoms with Crippen LogP contribution < -0.4 is 59.9 Å². The number of nitrogens with one attached hydrogen (secondary N) is 3. The minimum atomic E-state index is -1.03. The molecule has 8 aliphatic rings. The number of aryl methyl sites for hydroxylation is 1. The van der Waals surface area contributed by atoms with Crippen LogP contribution in [0.15, 0.2) is 110 Å². The molecule has 8 aliphatic heterocycles. The maximum Gasteiger partial charge on any atom is 0.329 e. The zero-order valence-electron chi connectivity index (χ0n) is 50.5. The minimum Gasteiger partial charge on any atom is -0.474 e. The van der Waals surface area contributed by atoms with Gasteiger partial charge in [-0.3, -0.25) is 45.3 Å². The van der Waals surface area contributed by atoms with Crippen molar-refractivity contribution in [2.75, 3.05) is 161 Å². The summed E-state index contributed by atoms with van der Waals surface area (Å²) in [7, 11) is 2.14. The Morgan fingerprint density at radius 1 is 0.611 bits per heavy atom. The van der Waals surface area contributed by atoms with Crippen LogP contribution in [-0.2, 0) is 4.74 Å². The van der Waals surface area contributed by atoms with Gasteiger partial charge in [0.2, 0.25) is 5.88 Å². The van der Waals surface area contributed by atoms with Crippen molar-refractivity contribution in [3.8, 4) is 17.1 Å². The molecule has 0 spiro atoms. The highest BCUT2D eigenvalue weighted by Crippen LogP contribution is 2.43. The van der Waals surface area contributed by atoms with E-state index in [-0.39, 0.29) is 60.6 Å². The van der Waals surface area contributed by atoms with Gasteiger partial charge in [0.25, 0.3) is 0 Å². The van der Waals surface area contributed by atoms with E-state index in [1.807, 2.05) is 53.1 Å². The second kappa shape index (κ2) is 26.2. The Morgan fingerprint density at radius 2 is 1.22 bits per heavy atom. The molecule has 15 heterocycles. The number of fused-ring (bicyclic) bond motifs is 12. The van der Waals surface area contributed by atoms with E-state index in [9.17, 15) is 19.5 Å². The first kappa shape index (κ1) is 59.3. The number of likely N-dealkylation sites (N-methyl/N-ethyl adjacent to an activating group) is 1. The molecule has 5 saturated heterocycles. The Morgan fingerprint density at radius 3 is 1.83 bits per heavy atom. The Bertz CT molecular complexity index is 3690. The van der Waals surface area contributed by atoms with Gasteiger partial charge in [0.15, 0.2) is 29.1 Å². The fraction of sp³-hybridized carbons (Fsp3) is 0.419. The van der Waals surface area contributed by atoms with Gasteiger partial charge in [0.05, 0.1) is 97.2 Å². The molecule has 468 valence electrons. The number of nitrogens with zero attached hydrogens (tertiary/aromatic N) is 18. The molecule has 0 unspecified atom stereocenters. The zero-order chi connectivity index (χ0) is 61.8. The lowest BCUT2D eigenvalue weighted by Crippen LogP contribution is -2.49. The highest BCUT2D eigenvalue weighted by molar-refractivity contribution is 6.06. The summed E-state index contributed by atoms with van der Waals surface area (Å²) in [6, 6.07) is 19.7. The van der Waals surface area contributed by atoms with Crippen LogP contribution in [0.3, 0.4) is 0 Å². The quantitative estimate of drug-likeness (QED) is 0.118. The largest absolute Gasteiger partial charge is 0.474 e. The van der Waals surface area contributed by atoms with E-state index in [1.54, 1.807) is 42.1 Å². The van der Waals surface area contributed by atoms with Crippen molar-refractivity contribution < 1.29 is 34.1 Å². The van der Waals surface area contributed by atoms with Gasteiger partial charge in [-0.05, 0) is 101 Å². The zero-order valence-corrected chi connectivity index (χ0v) is 50.5. The molecule has 0 radical (unpaired) electrons. The van der Waals surface area contributed by atoms with Crippen molar-refractivity contribution >= 4 is 81.6 Å². The second-order valence-corrected chi connectivity index (χ2v) is 23.4. The van der Waals surface area contributed by atoms with Crippen LogP contribution in [0.2, 0.25) is 0 Å². The molecular formula is C62H73N21O7. The molecule has 5 fully saturated rings. The molecule has 5 N–H and O–H groups in total. The maximum atomic E-state index is 13.4. The number of morpholine rings is 1. The van der Waals surface area contributed by atoms with Crippen LogP contribution in [0.25, 0.3) is 11.3 Å². The van der Waals surface area contributed by atoms with Crippen LogP contribution in [0.5, 0.6) is 5.88 Å². The average Bonchev–Trinajstić information content (AvgIpc) is 1.59. The number of urea groups is 3. The molecule has 15 rings (SSSR count). The van der Waals surface area contributed by atoms with Gasteiger partial charge >= 0.3 is 18.1 Å². The number of amides is 6. The molecule has 6 amide bonds. The van der Waals surface area contributed by atoms with Gasteiger partial charge in [-0.25, -0.2) is 34.3 Å². The predicted molar refractivity (Wildman–Crippen MR) is 341 cm³/mol. The summed E-state index contributed by atoms with van der Waals surface area (Å²) in [6.07, 6.45) is 14.3. The lowest BCUT2D eigenvalue weighted by atomic mass is 10.1. The summed E-state index contributed by atoms with van der Waals surface area (Å²) in [5.74, 6) is 4.70. The van der Waals surface area contributed by atoms with Crippen LogP contribution in [0.4, 0.5) is 77.9 Å². The number of hydrogen-bond acceptors (Lipinski definition) is 22. The monoisotopic (exact) mass is 1220 g/mol. The van der Waals surface area contributed by atoms with E-state index in [1.165, 1.54) is 12.4 Å². The average molecular weight is 1220 g/mol. The smallest absolute Gasteiger partial charge is 0.329 e. The van der Waals surface area contributed by atoms with E-state index < -0.39 is 12.7 Å². The molecule has 0 aliphatic carbocycles. The molecule has 7 aromatic rings. The second-order valence-electron chi connectivity index (χ2n) is 23.4. The summed E-state index contributed by atoms with van der Waals surface area (Å²) in [4.78, 5) is 98.4. The van der Waals surface area contributed by atoms with Crippen LogP contribution in [-0.4, -0.2) is 214 Å². The topological polar surface area (TPSA) is 291 Å². The number of pyridine rings is 5. The minimum absolute atomic E-state index is 0.0153. The summed E-state index contributed by atoms with van der Waals surface area (Å²) < 4.78 is 10.9. The van der Waals surface area contributed by atoms with Crippen LogP contribution >= 0.6 is 0 Å². The molecule has 0 saturated carbocycles. The third kappa shape index (κ3) is 12.7. The number of rotatable bonds is 10. The van der Waals surface area contributed by atoms with E-state index >= 15 is 0 Å². The van der Waals surface area contributed by atoms with E-state index in [2.05, 4.69) is 113 Å². The molecule has 6 bridgehead atoms. The Kier molecular flexibility index (Phi) is 17.3. The predicted octanol–water partition coefficient (Wildman–Crippen LogP) is 5.19. The van der Waals surface area contributed by atoms with Crippen molar-refractivity contribution in [3.63, 3.8) is 0 Å². The highest BCUT2D eigenvalue weighted by atomic mass is 16.5. The van der Waals surface area contributed by atoms with Gasteiger partial charge in [-0.2, -0.15) is 4.98 Å². The third-order valence-corrected chi connectivity index (χ3v) is 17.4. The van der Waals surface area contributed by atoms with Crippen molar-refractivity contribution in [1.82, 2.24) is 49.8 Å². The van der Waals surface area contributed by atoms with Crippen molar-refractivity contribution in [2.45, 2.75) is 63.4 Å². The molecule has 7 aromatic heterocycles. The summed E-state index contributed by atoms with van der Waals surface area (Å²) in [5.41, 5.74) is 6.19. The van der Waals surface area contributed by atoms with E-state index in [4.69, 9.17) is 29.5 Å². The first-order valence-corrected chi connectivity index (χ1v) is 30.6. The number of carbonyl (C=O) groups excluding carboxylic acids is 3. The molecular weight excluding hydrogens is 1150 g/mol. The summed E-state index contributed by atoms with van der Waals surface area (Å²) in [6.45, 7) is 14.8. The molecule has 0 aromatic carbocycles. The van der Waals surface area contributed by atoms with Gasteiger partial charge in [-0.1, -0.05) is 0 Å². The van der Waals surface area contributed by atoms with Crippen molar-refractivity contribution in [1.29, 1.82) is 0 Å². The standard InChI is InChI=1S/C23H25N7O4.C20H24N6O2.C19H24N8O/c1-14-2-3-15(8-25-14)18-4-5-19-22(26-18)30(16-6-7-29(19)11-16)23(33)28-20-9-24-10-21(27-20)34-13-17(32)12-31;1-14-13-28-10-9-25(14)18-5-4-17-19(23-18)26(16-6-8-24(17)12-16)20(27)22-15-3-2-7-21-11-15;1-24-8-10-25(11-9-24)17-3-2-15-18(23-17)27(14-4-7-26(15)13-14)19(28)22-16-12-20-5-6-21-16/h2-5,8-10,16-17,31-32H,6-7,11-13H2,1H3,(H,27,28,33);2-5,7,11,14,16H,6,8-10,12-13H2,1H3,(H,22,27);2-3,5-6,12,14H,4,7-11,13H2,1H3,(H,21,22,28)/t16-,17-;14-,16+;14-/m010/s1. The number of aliphatic hydroxyl groups is 2. The number of hydrogen-bond donors (Lipinski definition) is 5. The van der Waals surface area contributed by atoms with Gasteiger partial charge < -0.3 is 54.4 Å².